The molecule has 1 aromatic carbocycles. The van der Waals surface area contributed by atoms with Gasteiger partial charge < -0.3 is 4.98 Å². The minimum absolute atomic E-state index is 0. The van der Waals surface area contributed by atoms with Crippen molar-refractivity contribution in [1.29, 1.82) is 0 Å². The van der Waals surface area contributed by atoms with E-state index in [4.69, 9.17) is 0 Å². The number of rotatable bonds is 1. The number of hydrogen-bond donors (Lipinski definition) is 0. The van der Waals surface area contributed by atoms with Crippen LogP contribution in [0.3, 0.4) is 0 Å². The van der Waals surface area contributed by atoms with Crippen LogP contribution in [0.1, 0.15) is 0 Å². The van der Waals surface area contributed by atoms with E-state index in [2.05, 4.69) is 11.1 Å². The molecule has 0 bridgehead atoms. The van der Waals surface area contributed by atoms with Crippen LogP contribution < -0.4 is 0 Å². The number of hydrogen-bond acceptors (Lipinski definition) is 2. The average molecular weight is 438 g/mol. The molecular formula is C13H6F2IrNS-. The van der Waals surface area contributed by atoms with Gasteiger partial charge in [0.15, 0.2) is 0 Å². The molecule has 0 aliphatic rings. The molecule has 3 aromatic rings. The molecule has 0 spiro atoms. The van der Waals surface area contributed by atoms with E-state index in [1.807, 2.05) is 17.5 Å². The van der Waals surface area contributed by atoms with Crippen molar-refractivity contribution in [2.24, 2.45) is 0 Å². The summed E-state index contributed by atoms with van der Waals surface area (Å²) in [6, 6.07) is 8.34. The Morgan fingerprint density at radius 3 is 2.78 bits per heavy atom. The summed E-state index contributed by atoms with van der Waals surface area (Å²) in [5, 5.41) is 2.93. The van der Waals surface area contributed by atoms with Crippen molar-refractivity contribution in [3.05, 3.63) is 53.5 Å². The third-order valence-electron chi connectivity index (χ3n) is 2.42. The number of fused-ring (bicyclic) bond motifs is 1. The summed E-state index contributed by atoms with van der Waals surface area (Å²) >= 11 is 1.49. The van der Waals surface area contributed by atoms with Gasteiger partial charge in [-0.25, -0.2) is 8.78 Å². The minimum Gasteiger partial charge on any atom is -0.303 e. The molecular weight excluding hydrogens is 432 g/mol. The smallest absolute Gasteiger partial charge is 0.0446 e. The first-order chi connectivity index (χ1) is 8.24. The number of pyridine rings is 1. The molecule has 1 nitrogen and oxygen atoms in total. The summed E-state index contributed by atoms with van der Waals surface area (Å²) in [7, 11) is 0. The summed E-state index contributed by atoms with van der Waals surface area (Å²) in [4.78, 5) is 4.18. The Bertz CT molecular complexity index is 676. The van der Waals surface area contributed by atoms with Gasteiger partial charge in [-0.1, -0.05) is 6.07 Å². The van der Waals surface area contributed by atoms with Gasteiger partial charge in [0.25, 0.3) is 0 Å². The van der Waals surface area contributed by atoms with Crippen LogP contribution in [0.2, 0.25) is 0 Å². The van der Waals surface area contributed by atoms with Gasteiger partial charge in [0.2, 0.25) is 0 Å². The van der Waals surface area contributed by atoms with Gasteiger partial charge in [-0.2, -0.15) is 11.3 Å². The summed E-state index contributed by atoms with van der Waals surface area (Å²) in [6.45, 7) is 0. The van der Waals surface area contributed by atoms with E-state index in [0.29, 0.717) is 11.3 Å². The number of benzene rings is 1. The standard InChI is InChI=1S/C13H6F2NS.Ir/c14-10-5-9(6-11(15)7-10)12-13-8(1-3-16-12)2-4-17-13;/h1-5,7H;/q-1;. The zero-order chi connectivity index (χ0) is 11.8. The van der Waals surface area contributed by atoms with Crippen LogP contribution in [0.25, 0.3) is 21.3 Å². The Morgan fingerprint density at radius 2 is 2.00 bits per heavy atom. The molecule has 2 aromatic heterocycles. The molecule has 0 fully saturated rings. The largest absolute Gasteiger partial charge is 0.303 e. The number of thiophene rings is 1. The van der Waals surface area contributed by atoms with Gasteiger partial charge in [-0.3, -0.25) is 0 Å². The number of aromatic nitrogens is 1. The molecule has 0 aliphatic heterocycles. The van der Waals surface area contributed by atoms with Crippen LogP contribution in [0.5, 0.6) is 0 Å². The minimum atomic E-state index is -0.713. The second kappa shape index (κ2) is 5.22. The first-order valence-electron chi connectivity index (χ1n) is 4.95. The first kappa shape index (κ1) is 13.3. The van der Waals surface area contributed by atoms with Crippen molar-refractivity contribution in [3.8, 4) is 11.3 Å². The van der Waals surface area contributed by atoms with E-state index >= 15 is 0 Å². The van der Waals surface area contributed by atoms with E-state index in [9.17, 15) is 8.78 Å². The topological polar surface area (TPSA) is 12.9 Å². The van der Waals surface area contributed by atoms with Crippen LogP contribution >= 0.6 is 11.3 Å². The number of halogens is 2. The molecule has 2 heterocycles. The summed E-state index contributed by atoms with van der Waals surface area (Å²) in [5.41, 5.74) is 0.909. The third-order valence-corrected chi connectivity index (χ3v) is 3.36. The van der Waals surface area contributed by atoms with Gasteiger partial charge in [0, 0.05) is 48.3 Å². The van der Waals surface area contributed by atoms with Gasteiger partial charge in [-0.05, 0) is 22.9 Å². The third kappa shape index (κ3) is 2.34. The maximum atomic E-state index is 13.2. The molecule has 3 rings (SSSR count). The van der Waals surface area contributed by atoms with Crippen molar-refractivity contribution in [2.75, 3.05) is 0 Å². The fourth-order valence-electron chi connectivity index (χ4n) is 1.71. The Balaban J connectivity index is 0.00000120. The molecule has 0 aliphatic carbocycles. The zero-order valence-corrected chi connectivity index (χ0v) is 12.1. The SMILES string of the molecule is Fc1[c-]c(-c2nccc3ccsc23)cc(F)c1.[Ir]. The van der Waals surface area contributed by atoms with E-state index in [-0.39, 0.29) is 20.1 Å². The second-order valence-corrected chi connectivity index (χ2v) is 4.47. The average Bonchev–Trinajstić information content (AvgIpc) is 2.75. The summed E-state index contributed by atoms with van der Waals surface area (Å²) in [6.07, 6.45) is 1.63. The number of nitrogens with zero attached hydrogens (tertiary/aromatic N) is 1. The van der Waals surface area contributed by atoms with Crippen molar-refractivity contribution < 1.29 is 28.9 Å². The molecule has 0 saturated carbocycles. The van der Waals surface area contributed by atoms with Crippen LogP contribution in [0.4, 0.5) is 8.78 Å². The van der Waals surface area contributed by atoms with Crippen LogP contribution in [0, 0.1) is 17.7 Å². The van der Waals surface area contributed by atoms with Gasteiger partial charge in [0.05, 0.1) is 0 Å². The van der Waals surface area contributed by atoms with E-state index in [1.54, 1.807) is 6.20 Å². The zero-order valence-electron chi connectivity index (χ0n) is 8.91. The van der Waals surface area contributed by atoms with Crippen molar-refractivity contribution in [2.45, 2.75) is 0 Å². The second-order valence-electron chi connectivity index (χ2n) is 3.56. The van der Waals surface area contributed by atoms with E-state index in [0.717, 1.165) is 16.2 Å². The quantitative estimate of drug-likeness (QED) is 0.523. The normalized spacial score (nSPS) is 10.3. The fraction of sp³-hybridized carbons (Fsp3) is 0. The van der Waals surface area contributed by atoms with E-state index < -0.39 is 11.6 Å². The van der Waals surface area contributed by atoms with Gasteiger partial charge >= 0.3 is 0 Å². The molecule has 0 atom stereocenters. The van der Waals surface area contributed by atoms with Crippen molar-refractivity contribution in [1.82, 2.24) is 4.98 Å². The van der Waals surface area contributed by atoms with Crippen LogP contribution in [-0.4, -0.2) is 4.98 Å². The van der Waals surface area contributed by atoms with Crippen LogP contribution in [-0.2, 0) is 20.1 Å². The first-order valence-corrected chi connectivity index (χ1v) is 5.83. The molecule has 93 valence electrons. The molecule has 1 radical (unpaired) electrons. The predicted octanol–water partition coefficient (Wildman–Crippen LogP) is 4.04. The summed E-state index contributed by atoms with van der Waals surface area (Å²) in [5.74, 6) is -1.33. The monoisotopic (exact) mass is 439 g/mol. The maximum Gasteiger partial charge on any atom is 0.0446 e. The molecule has 0 saturated heterocycles. The molecule has 18 heavy (non-hydrogen) atoms. The fourth-order valence-corrected chi connectivity index (χ4v) is 2.61. The van der Waals surface area contributed by atoms with Crippen LogP contribution in [0.15, 0.2) is 35.8 Å². The Labute approximate surface area is 120 Å². The summed E-state index contributed by atoms with van der Waals surface area (Å²) < 4.78 is 27.2. The maximum absolute atomic E-state index is 13.2. The van der Waals surface area contributed by atoms with Gasteiger partial charge in [0.1, 0.15) is 0 Å². The Morgan fingerprint density at radius 1 is 1.17 bits per heavy atom. The van der Waals surface area contributed by atoms with Gasteiger partial charge in [-0.15, -0.1) is 17.7 Å². The van der Waals surface area contributed by atoms with E-state index in [1.165, 1.54) is 17.4 Å². The Kier molecular flexibility index (Phi) is 3.85. The van der Waals surface area contributed by atoms with Crippen molar-refractivity contribution >= 4 is 21.4 Å². The predicted molar refractivity (Wildman–Crippen MR) is 63.8 cm³/mol. The Hall–Kier alpha value is -1.16. The molecule has 0 N–H and O–H groups in total. The molecule has 5 heteroatoms. The molecule has 0 unspecified atom stereocenters. The molecule has 0 amide bonds. The van der Waals surface area contributed by atoms with Crippen molar-refractivity contribution in [3.63, 3.8) is 0 Å².